The zero-order chi connectivity index (χ0) is 27.6. The third-order valence-corrected chi connectivity index (χ3v) is 8.23. The van der Waals surface area contributed by atoms with Crippen LogP contribution in [0.2, 0.25) is 5.02 Å². The maximum Gasteiger partial charge on any atom is 0.291 e. The van der Waals surface area contributed by atoms with E-state index < -0.39 is 17.4 Å². The molecule has 1 aromatic heterocycles. The van der Waals surface area contributed by atoms with E-state index in [1.54, 1.807) is 23.1 Å². The Morgan fingerprint density at radius 2 is 1.55 bits per heavy atom. The molecule has 7 rings (SSSR count). The van der Waals surface area contributed by atoms with Crippen molar-refractivity contribution in [1.82, 2.24) is 4.90 Å². The lowest BCUT2D eigenvalue weighted by Crippen LogP contribution is -2.52. The van der Waals surface area contributed by atoms with Crippen LogP contribution in [-0.4, -0.2) is 16.7 Å². The number of fused-ring (bicyclic) bond motifs is 5. The molecule has 7 heteroatoms. The topological polar surface area (TPSA) is 70.8 Å². The molecule has 2 amide bonds. The largest absolute Gasteiger partial charge is 0.450 e. The van der Waals surface area contributed by atoms with Crippen LogP contribution in [0, 0.1) is 6.92 Å². The SMILES string of the molecule is Cc1ccc2oc3c(c(=O)c2c1)C1(C(=O)N(Cc2ccccc2Cl)c2ccccc21)N(Cc1ccccc1)C3=O. The van der Waals surface area contributed by atoms with Crippen molar-refractivity contribution < 1.29 is 14.0 Å². The number of rotatable bonds is 4. The zero-order valence-corrected chi connectivity index (χ0v) is 22.3. The van der Waals surface area contributed by atoms with Crippen LogP contribution < -0.4 is 10.3 Å². The molecular formula is C33H23ClN2O4. The maximum atomic E-state index is 14.9. The van der Waals surface area contributed by atoms with Crippen molar-refractivity contribution in [2.24, 2.45) is 0 Å². The molecule has 1 unspecified atom stereocenters. The summed E-state index contributed by atoms with van der Waals surface area (Å²) in [6, 6.07) is 29.4. The van der Waals surface area contributed by atoms with Crippen LogP contribution in [0.25, 0.3) is 11.0 Å². The highest BCUT2D eigenvalue weighted by Gasteiger charge is 2.65. The normalized spacial score (nSPS) is 17.6. The molecule has 4 aromatic carbocycles. The second kappa shape index (κ2) is 8.93. The smallest absolute Gasteiger partial charge is 0.291 e. The van der Waals surface area contributed by atoms with E-state index in [2.05, 4.69) is 0 Å². The summed E-state index contributed by atoms with van der Waals surface area (Å²) in [7, 11) is 0. The average Bonchev–Trinajstić information content (AvgIpc) is 3.35. The number of aryl methyl sites for hydroxylation is 1. The number of halogens is 1. The maximum absolute atomic E-state index is 14.9. The summed E-state index contributed by atoms with van der Waals surface area (Å²) in [6.45, 7) is 2.17. The predicted octanol–water partition coefficient (Wildman–Crippen LogP) is 6.20. The van der Waals surface area contributed by atoms with Crippen LogP contribution in [0.3, 0.4) is 0 Å². The first-order valence-corrected chi connectivity index (χ1v) is 13.4. The summed E-state index contributed by atoms with van der Waals surface area (Å²) >= 11 is 6.51. The minimum Gasteiger partial charge on any atom is -0.450 e. The van der Waals surface area contributed by atoms with Gasteiger partial charge in [-0.05, 0) is 42.3 Å². The number of amides is 2. The Morgan fingerprint density at radius 3 is 2.35 bits per heavy atom. The molecule has 0 radical (unpaired) electrons. The molecule has 5 aromatic rings. The molecule has 0 aliphatic carbocycles. The van der Waals surface area contributed by atoms with Crippen LogP contribution in [-0.2, 0) is 23.4 Å². The lowest BCUT2D eigenvalue weighted by Gasteiger charge is -2.34. The lowest BCUT2D eigenvalue weighted by atomic mass is 9.83. The summed E-state index contributed by atoms with van der Waals surface area (Å²) in [5, 5.41) is 0.862. The molecule has 6 nitrogen and oxygen atoms in total. The Bertz CT molecular complexity index is 1920. The summed E-state index contributed by atoms with van der Waals surface area (Å²) < 4.78 is 6.16. The van der Waals surface area contributed by atoms with Gasteiger partial charge in [0.15, 0.2) is 11.0 Å². The van der Waals surface area contributed by atoms with Crippen molar-refractivity contribution in [2.75, 3.05) is 4.90 Å². The van der Waals surface area contributed by atoms with Crippen molar-refractivity contribution in [1.29, 1.82) is 0 Å². The molecule has 3 heterocycles. The predicted molar refractivity (Wildman–Crippen MR) is 153 cm³/mol. The van der Waals surface area contributed by atoms with E-state index in [9.17, 15) is 14.4 Å². The molecule has 2 aliphatic rings. The number of benzene rings is 4. The minimum absolute atomic E-state index is 0.0608. The first-order valence-electron chi connectivity index (χ1n) is 13.0. The number of anilines is 1. The Morgan fingerprint density at radius 1 is 0.825 bits per heavy atom. The van der Waals surface area contributed by atoms with E-state index in [-0.39, 0.29) is 29.8 Å². The number of para-hydroxylation sites is 1. The molecule has 1 atom stereocenters. The molecule has 0 saturated heterocycles. The summed E-state index contributed by atoms with van der Waals surface area (Å²) in [5.74, 6) is -0.989. The Hall–Kier alpha value is -4.68. The van der Waals surface area contributed by atoms with Gasteiger partial charge in [0.25, 0.3) is 11.8 Å². The summed E-state index contributed by atoms with van der Waals surface area (Å²) in [6.07, 6.45) is 0. The van der Waals surface area contributed by atoms with Gasteiger partial charge in [0.2, 0.25) is 5.76 Å². The average molecular weight is 547 g/mol. The van der Waals surface area contributed by atoms with Crippen molar-refractivity contribution in [3.63, 3.8) is 0 Å². The van der Waals surface area contributed by atoms with E-state index in [1.165, 1.54) is 4.90 Å². The first-order chi connectivity index (χ1) is 19.4. The number of carbonyl (C=O) groups excluding carboxylic acids is 2. The Kier molecular flexibility index (Phi) is 5.44. The molecular weight excluding hydrogens is 524 g/mol. The van der Waals surface area contributed by atoms with E-state index >= 15 is 0 Å². The van der Waals surface area contributed by atoms with E-state index in [4.69, 9.17) is 16.0 Å². The van der Waals surface area contributed by atoms with Gasteiger partial charge in [0.05, 0.1) is 23.2 Å². The number of nitrogens with zero attached hydrogens (tertiary/aromatic N) is 2. The second-order valence-electron chi connectivity index (χ2n) is 10.2. The highest BCUT2D eigenvalue weighted by atomic mass is 35.5. The van der Waals surface area contributed by atoms with Gasteiger partial charge in [-0.3, -0.25) is 14.4 Å². The third-order valence-electron chi connectivity index (χ3n) is 7.86. The fourth-order valence-electron chi connectivity index (χ4n) is 6.05. The van der Waals surface area contributed by atoms with Gasteiger partial charge in [-0.2, -0.15) is 0 Å². The monoisotopic (exact) mass is 546 g/mol. The van der Waals surface area contributed by atoms with Gasteiger partial charge in [0.1, 0.15) is 5.58 Å². The van der Waals surface area contributed by atoms with Crippen LogP contribution in [0.5, 0.6) is 0 Å². The van der Waals surface area contributed by atoms with Gasteiger partial charge < -0.3 is 14.2 Å². The highest BCUT2D eigenvalue weighted by molar-refractivity contribution is 6.31. The number of hydrogen-bond acceptors (Lipinski definition) is 4. The molecule has 0 fully saturated rings. The van der Waals surface area contributed by atoms with E-state index in [0.717, 1.165) is 16.7 Å². The first kappa shape index (κ1) is 24.4. The van der Waals surface area contributed by atoms with Gasteiger partial charge in [0, 0.05) is 17.1 Å². The van der Waals surface area contributed by atoms with Crippen molar-refractivity contribution in [3.8, 4) is 0 Å². The van der Waals surface area contributed by atoms with Crippen LogP contribution >= 0.6 is 11.6 Å². The number of hydrogen-bond donors (Lipinski definition) is 0. The molecule has 0 saturated carbocycles. The Balaban J connectivity index is 1.53. The van der Waals surface area contributed by atoms with Crippen LogP contribution in [0.15, 0.2) is 106 Å². The minimum atomic E-state index is -1.70. The standard InChI is InChI=1S/C33H23ClN2O4/c1-20-15-16-27-23(17-20)29(37)28-30(40-27)31(38)36(18-21-9-3-2-4-10-21)33(28)24-12-6-8-14-26(24)35(32(33)39)19-22-11-5-7-13-25(22)34/h2-17H,18-19H2,1H3. The van der Waals surface area contributed by atoms with E-state index in [1.807, 2.05) is 85.8 Å². The van der Waals surface area contributed by atoms with Crippen molar-refractivity contribution in [2.45, 2.75) is 25.6 Å². The lowest BCUT2D eigenvalue weighted by molar-refractivity contribution is -0.126. The molecule has 40 heavy (non-hydrogen) atoms. The van der Waals surface area contributed by atoms with Gasteiger partial charge in [-0.25, -0.2) is 0 Å². The molecule has 2 aliphatic heterocycles. The van der Waals surface area contributed by atoms with Gasteiger partial charge in [-0.15, -0.1) is 0 Å². The number of carbonyl (C=O) groups is 2. The Labute approximate surface area is 235 Å². The third kappa shape index (κ3) is 3.32. The second-order valence-corrected chi connectivity index (χ2v) is 10.6. The molecule has 196 valence electrons. The molecule has 1 spiro atoms. The molecule has 0 N–H and O–H groups in total. The quantitative estimate of drug-likeness (QED) is 0.269. The highest BCUT2D eigenvalue weighted by Crippen LogP contribution is 2.53. The fourth-order valence-corrected chi connectivity index (χ4v) is 6.24. The van der Waals surface area contributed by atoms with Crippen LogP contribution in [0.4, 0.5) is 5.69 Å². The van der Waals surface area contributed by atoms with Crippen LogP contribution in [0.1, 0.15) is 38.4 Å². The summed E-state index contributed by atoms with van der Waals surface area (Å²) in [4.78, 5) is 46.5. The van der Waals surface area contributed by atoms with Gasteiger partial charge in [-0.1, -0.05) is 90.0 Å². The zero-order valence-electron chi connectivity index (χ0n) is 21.6. The van der Waals surface area contributed by atoms with Crippen molar-refractivity contribution >= 4 is 40.1 Å². The van der Waals surface area contributed by atoms with Gasteiger partial charge >= 0.3 is 0 Å². The van der Waals surface area contributed by atoms with Crippen molar-refractivity contribution in [3.05, 3.63) is 146 Å². The van der Waals surface area contributed by atoms with E-state index in [0.29, 0.717) is 27.2 Å². The summed E-state index contributed by atoms with van der Waals surface area (Å²) in [5.41, 5.74) is 1.93. The molecule has 0 bridgehead atoms. The fraction of sp³-hybridized carbons (Fsp3) is 0.121.